The Bertz CT molecular complexity index is 384. The van der Waals surface area contributed by atoms with Gasteiger partial charge >= 0.3 is 0 Å². The molecule has 0 heteroatoms. The fourth-order valence-corrected chi connectivity index (χ4v) is 2.25. The van der Waals surface area contributed by atoms with Crippen molar-refractivity contribution in [2.75, 3.05) is 0 Å². The normalized spacial score (nSPS) is 20.8. The van der Waals surface area contributed by atoms with Crippen LogP contribution in [0, 0.1) is 5.92 Å². The van der Waals surface area contributed by atoms with E-state index in [0.717, 1.165) is 6.42 Å². The van der Waals surface area contributed by atoms with E-state index < -0.39 is 0 Å². The molecule has 2 aliphatic carbocycles. The molecule has 0 saturated carbocycles. The van der Waals surface area contributed by atoms with Crippen LogP contribution < -0.4 is 0 Å². The molecule has 0 atom stereocenters. The van der Waals surface area contributed by atoms with Gasteiger partial charge in [-0.05, 0) is 48.5 Å². The van der Waals surface area contributed by atoms with E-state index in [-0.39, 0.29) is 0 Å². The summed E-state index contributed by atoms with van der Waals surface area (Å²) in [6.45, 7) is 8.97. The predicted octanol–water partition coefficient (Wildman–Crippen LogP) is 4.18. The topological polar surface area (TPSA) is 0 Å². The minimum atomic E-state index is 0.663. The van der Waals surface area contributed by atoms with E-state index in [0.29, 0.717) is 5.92 Å². The van der Waals surface area contributed by atoms with Crippen LogP contribution in [0.15, 0.2) is 46.1 Å². The van der Waals surface area contributed by atoms with E-state index in [1.54, 1.807) is 0 Å². The van der Waals surface area contributed by atoms with Crippen molar-refractivity contribution < 1.29 is 0 Å². The highest BCUT2D eigenvalue weighted by molar-refractivity contribution is 5.64. The Morgan fingerprint density at radius 1 is 1.14 bits per heavy atom. The highest BCUT2D eigenvalue weighted by Gasteiger charge is 2.23. The zero-order chi connectivity index (χ0) is 10.3. The summed E-state index contributed by atoms with van der Waals surface area (Å²) in [5.74, 6) is 0.663. The summed E-state index contributed by atoms with van der Waals surface area (Å²) in [5.41, 5.74) is 7.54. The molecule has 0 radical (unpaired) electrons. The van der Waals surface area contributed by atoms with Gasteiger partial charge in [-0.1, -0.05) is 37.6 Å². The molecule has 2 rings (SSSR count). The van der Waals surface area contributed by atoms with E-state index in [1.165, 1.54) is 27.9 Å². The molecule has 0 saturated heterocycles. The molecular weight excluding hydrogens is 168 g/mol. The van der Waals surface area contributed by atoms with E-state index in [4.69, 9.17) is 0 Å². The lowest BCUT2D eigenvalue weighted by Gasteiger charge is -2.27. The molecular formula is C14H18. The van der Waals surface area contributed by atoms with E-state index in [9.17, 15) is 0 Å². The van der Waals surface area contributed by atoms with Crippen molar-refractivity contribution in [1.82, 2.24) is 0 Å². The van der Waals surface area contributed by atoms with Gasteiger partial charge in [0.2, 0.25) is 0 Å². The highest BCUT2D eigenvalue weighted by Crippen LogP contribution is 2.41. The maximum Gasteiger partial charge on any atom is -0.00606 e. The monoisotopic (exact) mass is 186 g/mol. The van der Waals surface area contributed by atoms with E-state index in [2.05, 4.69) is 45.9 Å². The lowest BCUT2D eigenvalue weighted by Crippen LogP contribution is -2.10. The Labute approximate surface area is 86.7 Å². The molecule has 0 aromatic heterocycles. The Kier molecular flexibility index (Phi) is 2.22. The van der Waals surface area contributed by atoms with Gasteiger partial charge in [-0.3, -0.25) is 0 Å². The number of rotatable bonds is 2. The Hall–Kier alpha value is -1.04. The van der Waals surface area contributed by atoms with Gasteiger partial charge in [-0.15, -0.1) is 0 Å². The second-order valence-corrected chi connectivity index (χ2v) is 4.69. The number of hydrogen-bond donors (Lipinski definition) is 0. The quantitative estimate of drug-likeness (QED) is 0.607. The largest absolute Gasteiger partial charge is 0.0689 e. The average molecular weight is 186 g/mol. The smallest absolute Gasteiger partial charge is 0.00606 e. The summed E-state index contributed by atoms with van der Waals surface area (Å²) in [4.78, 5) is 0. The highest BCUT2D eigenvalue weighted by atomic mass is 14.3. The predicted molar refractivity (Wildman–Crippen MR) is 62.1 cm³/mol. The van der Waals surface area contributed by atoms with Crippen molar-refractivity contribution in [1.29, 1.82) is 0 Å². The first-order chi connectivity index (χ1) is 6.59. The third kappa shape index (κ3) is 1.39. The second-order valence-electron chi connectivity index (χ2n) is 4.69. The third-order valence-corrected chi connectivity index (χ3v) is 3.04. The molecule has 0 heterocycles. The molecule has 0 nitrogen and oxygen atoms in total. The van der Waals surface area contributed by atoms with Crippen LogP contribution in [0.3, 0.4) is 0 Å². The van der Waals surface area contributed by atoms with Crippen LogP contribution in [0.2, 0.25) is 0 Å². The van der Waals surface area contributed by atoms with Crippen LogP contribution in [-0.2, 0) is 0 Å². The van der Waals surface area contributed by atoms with Crippen LogP contribution in [0.5, 0.6) is 0 Å². The fraction of sp³-hybridized carbons (Fsp3) is 0.429. The zero-order valence-corrected chi connectivity index (χ0v) is 9.52. The Morgan fingerprint density at radius 3 is 2.29 bits per heavy atom. The van der Waals surface area contributed by atoms with Crippen molar-refractivity contribution in [3.8, 4) is 0 Å². The zero-order valence-electron chi connectivity index (χ0n) is 9.52. The van der Waals surface area contributed by atoms with Gasteiger partial charge in [0.15, 0.2) is 0 Å². The summed E-state index contributed by atoms with van der Waals surface area (Å²) in [6, 6.07) is 0. The van der Waals surface area contributed by atoms with Gasteiger partial charge in [-0.25, -0.2) is 0 Å². The van der Waals surface area contributed by atoms with Crippen LogP contribution in [0.1, 0.15) is 34.1 Å². The van der Waals surface area contributed by atoms with E-state index >= 15 is 0 Å². The Morgan fingerprint density at radius 2 is 1.86 bits per heavy atom. The summed E-state index contributed by atoms with van der Waals surface area (Å²) >= 11 is 0. The van der Waals surface area contributed by atoms with Gasteiger partial charge in [0, 0.05) is 0 Å². The SMILES string of the molecule is CC1=CC=C(C2=C(C)C=C2C(C)C)C1. The third-order valence-electron chi connectivity index (χ3n) is 3.04. The summed E-state index contributed by atoms with van der Waals surface area (Å²) in [6.07, 6.45) is 8.00. The first kappa shape index (κ1) is 9.51. The van der Waals surface area contributed by atoms with Gasteiger partial charge in [0.1, 0.15) is 0 Å². The minimum absolute atomic E-state index is 0.663. The van der Waals surface area contributed by atoms with Crippen LogP contribution >= 0.6 is 0 Å². The first-order valence-corrected chi connectivity index (χ1v) is 5.39. The van der Waals surface area contributed by atoms with Crippen LogP contribution in [-0.4, -0.2) is 0 Å². The van der Waals surface area contributed by atoms with Crippen LogP contribution in [0.25, 0.3) is 0 Å². The second kappa shape index (κ2) is 3.27. The van der Waals surface area contributed by atoms with Gasteiger partial charge < -0.3 is 0 Å². The lowest BCUT2D eigenvalue weighted by atomic mass is 9.78. The molecule has 0 amide bonds. The lowest BCUT2D eigenvalue weighted by molar-refractivity contribution is 0.761. The molecule has 0 unspecified atom stereocenters. The first-order valence-electron chi connectivity index (χ1n) is 5.39. The molecule has 0 bridgehead atoms. The molecule has 0 aromatic carbocycles. The van der Waals surface area contributed by atoms with Gasteiger partial charge in [0.25, 0.3) is 0 Å². The molecule has 0 aliphatic heterocycles. The number of hydrogen-bond acceptors (Lipinski definition) is 0. The van der Waals surface area contributed by atoms with Crippen LogP contribution in [0.4, 0.5) is 0 Å². The van der Waals surface area contributed by atoms with Gasteiger partial charge in [0.05, 0.1) is 0 Å². The summed E-state index contributed by atoms with van der Waals surface area (Å²) in [5, 5.41) is 0. The molecule has 74 valence electrons. The molecule has 0 spiro atoms. The van der Waals surface area contributed by atoms with Gasteiger partial charge in [-0.2, -0.15) is 0 Å². The average Bonchev–Trinajstić information content (AvgIpc) is 2.46. The number of allylic oxidation sites excluding steroid dienone is 8. The van der Waals surface area contributed by atoms with Crippen molar-refractivity contribution in [3.63, 3.8) is 0 Å². The van der Waals surface area contributed by atoms with E-state index in [1.807, 2.05) is 0 Å². The molecule has 2 aliphatic rings. The fourth-order valence-electron chi connectivity index (χ4n) is 2.25. The molecule has 14 heavy (non-hydrogen) atoms. The minimum Gasteiger partial charge on any atom is -0.0689 e. The summed E-state index contributed by atoms with van der Waals surface area (Å²) < 4.78 is 0. The molecule has 0 aromatic rings. The maximum absolute atomic E-state index is 2.33. The van der Waals surface area contributed by atoms with Crippen molar-refractivity contribution in [3.05, 3.63) is 46.1 Å². The maximum atomic E-state index is 2.33. The van der Waals surface area contributed by atoms with Crippen molar-refractivity contribution in [2.45, 2.75) is 34.1 Å². The molecule has 0 N–H and O–H groups in total. The molecule has 0 fully saturated rings. The van der Waals surface area contributed by atoms with Crippen molar-refractivity contribution in [2.24, 2.45) is 5.92 Å². The Balaban J connectivity index is 2.18. The standard InChI is InChI=1S/C14H18/c1-9(2)13-8-11(4)14(13)12-6-5-10(3)7-12/h5-6,8-9H,7H2,1-4H3. The van der Waals surface area contributed by atoms with Crippen molar-refractivity contribution >= 4 is 0 Å². The summed E-state index contributed by atoms with van der Waals surface area (Å²) in [7, 11) is 0.